The van der Waals surface area contributed by atoms with Gasteiger partial charge in [-0.3, -0.25) is 0 Å². The van der Waals surface area contributed by atoms with Crippen molar-refractivity contribution in [3.63, 3.8) is 0 Å². The van der Waals surface area contributed by atoms with Crippen molar-refractivity contribution in [1.29, 1.82) is 0 Å². The van der Waals surface area contributed by atoms with Gasteiger partial charge in [-0.05, 0) is 36.6 Å². The molecule has 0 aliphatic heterocycles. The second-order valence-corrected chi connectivity index (χ2v) is 3.58. The summed E-state index contributed by atoms with van der Waals surface area (Å²) in [6.45, 7) is 10.8. The molecule has 0 aliphatic carbocycles. The standard InChI is InChI=1S/C13H12N4O2/c1-4-19-13(18)7-9(2)10-5-6-11(16-17-14)12(8-10)15-3/h5-8H,4H2,1-2H3/b9-7+. The van der Waals surface area contributed by atoms with Crippen molar-refractivity contribution < 1.29 is 9.53 Å². The molecule has 0 N–H and O–H groups in total. The SMILES string of the molecule is [C-]#[N+]c1cc(/C(C)=C/C(=O)OCC)ccc1N=[N+]=[N-]. The molecular formula is C13H12N4O2. The van der Waals surface area contributed by atoms with Gasteiger partial charge in [0.15, 0.2) is 5.69 Å². The second kappa shape index (κ2) is 6.84. The summed E-state index contributed by atoms with van der Waals surface area (Å²) < 4.78 is 4.81. The van der Waals surface area contributed by atoms with Crippen molar-refractivity contribution in [1.82, 2.24) is 0 Å². The third-order valence-electron chi connectivity index (χ3n) is 2.32. The Labute approximate surface area is 110 Å². The molecule has 0 aliphatic rings. The Morgan fingerprint density at radius 2 is 2.32 bits per heavy atom. The highest BCUT2D eigenvalue weighted by atomic mass is 16.5. The van der Waals surface area contributed by atoms with Crippen LogP contribution in [-0.4, -0.2) is 12.6 Å². The lowest BCUT2D eigenvalue weighted by Gasteiger charge is -2.04. The Bertz CT molecular complexity index is 608. The predicted molar refractivity (Wildman–Crippen MR) is 71.8 cm³/mol. The number of rotatable bonds is 4. The fourth-order valence-corrected chi connectivity index (χ4v) is 1.44. The summed E-state index contributed by atoms with van der Waals surface area (Å²) in [7, 11) is 0. The summed E-state index contributed by atoms with van der Waals surface area (Å²) >= 11 is 0. The van der Waals surface area contributed by atoms with Crippen LogP contribution in [0.1, 0.15) is 19.4 Å². The number of allylic oxidation sites excluding steroid dienone is 1. The second-order valence-electron chi connectivity index (χ2n) is 3.58. The minimum absolute atomic E-state index is 0.243. The van der Waals surface area contributed by atoms with E-state index in [1.54, 1.807) is 32.0 Å². The summed E-state index contributed by atoms with van der Waals surface area (Å²) in [5, 5.41) is 3.42. The van der Waals surface area contributed by atoms with E-state index in [-0.39, 0.29) is 11.4 Å². The van der Waals surface area contributed by atoms with Crippen molar-refractivity contribution in [3.05, 3.63) is 51.7 Å². The largest absolute Gasteiger partial charge is 0.463 e. The van der Waals surface area contributed by atoms with Crippen LogP contribution in [0.15, 0.2) is 29.4 Å². The summed E-state index contributed by atoms with van der Waals surface area (Å²) in [4.78, 5) is 17.3. The van der Waals surface area contributed by atoms with E-state index in [4.69, 9.17) is 16.8 Å². The monoisotopic (exact) mass is 256 g/mol. The Morgan fingerprint density at radius 3 is 2.89 bits per heavy atom. The number of ether oxygens (including phenoxy) is 1. The lowest BCUT2D eigenvalue weighted by Crippen LogP contribution is -2.00. The van der Waals surface area contributed by atoms with E-state index in [0.29, 0.717) is 17.7 Å². The van der Waals surface area contributed by atoms with Gasteiger partial charge in [0.2, 0.25) is 0 Å². The molecule has 0 unspecified atom stereocenters. The average Bonchev–Trinajstić information content (AvgIpc) is 2.39. The van der Waals surface area contributed by atoms with Gasteiger partial charge in [-0.2, -0.15) is 0 Å². The molecule has 0 atom stereocenters. The Kier molecular flexibility index (Phi) is 5.15. The highest BCUT2D eigenvalue weighted by molar-refractivity contribution is 5.91. The van der Waals surface area contributed by atoms with Crippen LogP contribution in [0.2, 0.25) is 0 Å². The number of hydrogen-bond acceptors (Lipinski definition) is 3. The van der Waals surface area contributed by atoms with Gasteiger partial charge in [-0.1, -0.05) is 17.2 Å². The molecule has 19 heavy (non-hydrogen) atoms. The number of carbonyl (C=O) groups excluding carboxylic acids is 1. The fourth-order valence-electron chi connectivity index (χ4n) is 1.44. The third-order valence-corrected chi connectivity index (χ3v) is 2.32. The van der Waals surface area contributed by atoms with Crippen molar-refractivity contribution in [2.24, 2.45) is 5.11 Å². The van der Waals surface area contributed by atoms with Crippen molar-refractivity contribution in [3.8, 4) is 0 Å². The maximum atomic E-state index is 11.3. The van der Waals surface area contributed by atoms with Gasteiger partial charge >= 0.3 is 5.97 Å². The third kappa shape index (κ3) is 3.87. The zero-order chi connectivity index (χ0) is 14.3. The minimum Gasteiger partial charge on any atom is -0.463 e. The number of benzene rings is 1. The zero-order valence-electron chi connectivity index (χ0n) is 10.6. The Balaban J connectivity index is 3.13. The number of azide groups is 1. The van der Waals surface area contributed by atoms with Gasteiger partial charge in [-0.25, -0.2) is 9.64 Å². The maximum absolute atomic E-state index is 11.3. The first kappa shape index (κ1) is 14.3. The van der Waals surface area contributed by atoms with Gasteiger partial charge < -0.3 is 4.74 Å². The maximum Gasteiger partial charge on any atom is 0.331 e. The molecule has 1 rings (SSSR count). The van der Waals surface area contributed by atoms with Gasteiger partial charge in [0.25, 0.3) is 0 Å². The molecule has 0 heterocycles. The minimum atomic E-state index is -0.427. The number of carbonyl (C=O) groups is 1. The van der Waals surface area contributed by atoms with Crippen LogP contribution >= 0.6 is 0 Å². The van der Waals surface area contributed by atoms with E-state index >= 15 is 0 Å². The summed E-state index contributed by atoms with van der Waals surface area (Å²) in [5.41, 5.74) is 10.3. The quantitative estimate of drug-likeness (QED) is 0.202. The number of esters is 1. The van der Waals surface area contributed by atoms with Crippen LogP contribution in [0.3, 0.4) is 0 Å². The summed E-state index contributed by atoms with van der Waals surface area (Å²) in [6, 6.07) is 4.80. The van der Waals surface area contributed by atoms with Gasteiger partial charge in [0.05, 0.1) is 13.2 Å². The van der Waals surface area contributed by atoms with Crippen LogP contribution in [0, 0.1) is 6.57 Å². The summed E-state index contributed by atoms with van der Waals surface area (Å²) in [5.74, 6) is -0.427. The van der Waals surface area contributed by atoms with Gasteiger partial charge in [0.1, 0.15) is 0 Å². The summed E-state index contributed by atoms with van der Waals surface area (Å²) in [6.07, 6.45) is 1.36. The normalized spacial score (nSPS) is 10.3. The molecular weight excluding hydrogens is 244 g/mol. The molecule has 0 aromatic heterocycles. The molecule has 0 saturated carbocycles. The van der Waals surface area contributed by atoms with Crippen LogP contribution in [0.5, 0.6) is 0 Å². The lowest BCUT2D eigenvalue weighted by atomic mass is 10.1. The smallest absolute Gasteiger partial charge is 0.331 e. The van der Waals surface area contributed by atoms with Crippen molar-refractivity contribution in [2.75, 3.05) is 6.61 Å². The van der Waals surface area contributed by atoms with Gasteiger partial charge in [-0.15, -0.1) is 0 Å². The first-order valence-corrected chi connectivity index (χ1v) is 5.54. The number of nitrogens with zero attached hydrogens (tertiary/aromatic N) is 4. The molecule has 1 aromatic rings. The molecule has 0 radical (unpaired) electrons. The fraction of sp³-hybridized carbons (Fsp3) is 0.231. The van der Waals surface area contributed by atoms with Gasteiger partial charge in [0, 0.05) is 16.7 Å². The van der Waals surface area contributed by atoms with Crippen molar-refractivity contribution in [2.45, 2.75) is 13.8 Å². The average molecular weight is 256 g/mol. The van der Waals surface area contributed by atoms with E-state index in [0.717, 1.165) is 0 Å². The van der Waals surface area contributed by atoms with Crippen LogP contribution in [0.4, 0.5) is 11.4 Å². The van der Waals surface area contributed by atoms with Crippen LogP contribution in [-0.2, 0) is 9.53 Å². The molecule has 1 aromatic carbocycles. The topological polar surface area (TPSA) is 79.4 Å². The Morgan fingerprint density at radius 1 is 1.58 bits per heavy atom. The molecule has 0 fully saturated rings. The molecule has 0 spiro atoms. The molecule has 96 valence electrons. The first-order chi connectivity index (χ1) is 9.12. The molecule has 6 nitrogen and oxygen atoms in total. The van der Waals surface area contributed by atoms with E-state index in [1.807, 2.05) is 0 Å². The highest BCUT2D eigenvalue weighted by Gasteiger charge is 2.05. The van der Waals surface area contributed by atoms with Crippen molar-refractivity contribution >= 4 is 22.9 Å². The lowest BCUT2D eigenvalue weighted by molar-refractivity contribution is -0.137. The van der Waals surface area contributed by atoms with Crippen LogP contribution in [0.25, 0.3) is 20.9 Å². The van der Waals surface area contributed by atoms with E-state index in [1.165, 1.54) is 6.08 Å². The highest BCUT2D eigenvalue weighted by Crippen LogP contribution is 2.31. The predicted octanol–water partition coefficient (Wildman–Crippen LogP) is 4.15. The molecule has 0 saturated heterocycles. The first-order valence-electron chi connectivity index (χ1n) is 5.54. The van der Waals surface area contributed by atoms with E-state index in [2.05, 4.69) is 14.9 Å². The Hall–Kier alpha value is -2.77. The van der Waals surface area contributed by atoms with E-state index in [9.17, 15) is 4.79 Å². The number of hydrogen-bond donors (Lipinski definition) is 0. The van der Waals surface area contributed by atoms with Crippen LogP contribution < -0.4 is 0 Å². The zero-order valence-corrected chi connectivity index (χ0v) is 10.6. The van der Waals surface area contributed by atoms with E-state index < -0.39 is 5.97 Å². The molecule has 0 amide bonds. The molecule has 0 bridgehead atoms. The molecule has 6 heteroatoms.